The van der Waals surface area contributed by atoms with Gasteiger partial charge in [-0.1, -0.05) is 293 Å². The molecular weight excluding hydrogens is 1170 g/mol. The predicted molar refractivity (Wildman–Crippen MR) is 358 cm³/mol. The van der Waals surface area contributed by atoms with E-state index in [1.165, 1.54) is 148 Å². The fourth-order valence-corrected chi connectivity index (χ4v) is 12.0. The molecule has 0 aromatic carbocycles. The molecule has 0 spiro atoms. The van der Waals surface area contributed by atoms with Gasteiger partial charge in [0.1, 0.15) is 19.3 Å². The molecule has 528 valence electrons. The molecule has 0 aliphatic heterocycles. The van der Waals surface area contributed by atoms with Gasteiger partial charge in [0.15, 0.2) is 12.2 Å². The molecule has 0 saturated heterocycles. The molecule has 0 fully saturated rings. The topological polar surface area (TPSA) is 237 Å². The third-order valence-electron chi connectivity index (χ3n) is 16.4. The molecule has 89 heavy (non-hydrogen) atoms. The highest BCUT2D eigenvalue weighted by atomic mass is 31.2. The number of hydrogen-bond donors (Lipinski definition) is 3. The van der Waals surface area contributed by atoms with Crippen molar-refractivity contribution in [2.24, 2.45) is 23.7 Å². The first-order valence-electron chi connectivity index (χ1n) is 36.2. The Morgan fingerprint density at radius 3 is 0.798 bits per heavy atom. The summed E-state index contributed by atoms with van der Waals surface area (Å²) >= 11 is 0. The van der Waals surface area contributed by atoms with Crippen LogP contribution in [0.1, 0.15) is 344 Å². The summed E-state index contributed by atoms with van der Waals surface area (Å²) in [6.45, 7) is 14.1. The van der Waals surface area contributed by atoms with Crippen molar-refractivity contribution >= 4 is 39.5 Å². The number of esters is 4. The third-order valence-corrected chi connectivity index (χ3v) is 18.3. The lowest BCUT2D eigenvalue weighted by molar-refractivity contribution is -0.161. The van der Waals surface area contributed by atoms with E-state index in [9.17, 15) is 43.2 Å². The quantitative estimate of drug-likeness (QED) is 0.0222. The van der Waals surface area contributed by atoms with Crippen LogP contribution in [0, 0.1) is 23.7 Å². The van der Waals surface area contributed by atoms with Crippen LogP contribution >= 0.6 is 15.6 Å². The molecule has 0 aromatic rings. The van der Waals surface area contributed by atoms with Crippen molar-refractivity contribution < 1.29 is 80.2 Å². The van der Waals surface area contributed by atoms with Gasteiger partial charge in [-0.25, -0.2) is 9.13 Å². The monoisotopic (exact) mass is 1310 g/mol. The number of unbranched alkanes of at least 4 members (excludes halogenated alkanes) is 32. The van der Waals surface area contributed by atoms with Crippen molar-refractivity contribution in [2.75, 3.05) is 39.6 Å². The van der Waals surface area contributed by atoms with E-state index in [-0.39, 0.29) is 25.7 Å². The Morgan fingerprint density at radius 1 is 0.315 bits per heavy atom. The summed E-state index contributed by atoms with van der Waals surface area (Å²) in [7, 11) is -9.90. The molecule has 0 bridgehead atoms. The number of phosphoric ester groups is 2. The van der Waals surface area contributed by atoms with Crippen LogP contribution in [0.5, 0.6) is 0 Å². The second-order valence-electron chi connectivity index (χ2n) is 26.9. The van der Waals surface area contributed by atoms with Crippen molar-refractivity contribution in [3.8, 4) is 0 Å². The van der Waals surface area contributed by atoms with E-state index in [0.29, 0.717) is 25.7 Å². The van der Waals surface area contributed by atoms with Gasteiger partial charge in [-0.15, -0.1) is 0 Å². The smallest absolute Gasteiger partial charge is 0.462 e. The summed E-state index contributed by atoms with van der Waals surface area (Å²) in [6, 6.07) is 0. The van der Waals surface area contributed by atoms with Crippen LogP contribution in [0.3, 0.4) is 0 Å². The highest BCUT2D eigenvalue weighted by Crippen LogP contribution is 2.45. The number of carbonyl (C=O) groups is 4. The first-order valence-corrected chi connectivity index (χ1v) is 39.2. The molecule has 4 unspecified atom stereocenters. The fraction of sp³-hybridized carbons (Fsp3) is 0.943. The lowest BCUT2D eigenvalue weighted by Crippen LogP contribution is -2.30. The Hall–Kier alpha value is -1.94. The van der Waals surface area contributed by atoms with Crippen LogP contribution < -0.4 is 0 Å². The van der Waals surface area contributed by atoms with Crippen LogP contribution in [0.25, 0.3) is 0 Å². The molecule has 3 N–H and O–H groups in total. The van der Waals surface area contributed by atoms with Gasteiger partial charge in [-0.3, -0.25) is 37.3 Å². The SMILES string of the molecule is CCC(C)CCCCCCCCCCC(=O)OC[C@H](COP(=O)(O)OCC(O)COP(=O)(O)OC[C@@H](COC(=O)CCCCCCCCCCC(C)C)OC(=O)CCCCCCCCCCC(C)C)OC(=O)CCCCCCCCCCCCCCC(C)C. The van der Waals surface area contributed by atoms with Crippen molar-refractivity contribution in [1.29, 1.82) is 0 Å². The normalized spacial score (nSPS) is 14.6. The minimum atomic E-state index is -4.95. The van der Waals surface area contributed by atoms with Gasteiger partial charge in [0.05, 0.1) is 26.4 Å². The lowest BCUT2D eigenvalue weighted by atomic mass is 9.99. The number of rotatable bonds is 67. The van der Waals surface area contributed by atoms with Gasteiger partial charge in [0, 0.05) is 25.7 Å². The second-order valence-corrected chi connectivity index (χ2v) is 29.8. The van der Waals surface area contributed by atoms with Gasteiger partial charge >= 0.3 is 39.5 Å². The Kier molecular flexibility index (Phi) is 58.5. The summed E-state index contributed by atoms with van der Waals surface area (Å²) in [4.78, 5) is 72.5. The molecule has 0 aliphatic rings. The molecule has 0 heterocycles. The first-order chi connectivity index (χ1) is 42.6. The van der Waals surface area contributed by atoms with Gasteiger partial charge < -0.3 is 33.8 Å². The maximum absolute atomic E-state index is 13.0. The standard InChI is InChI=1S/C70H136O17P2/c1-9-63(8)49-41-33-25-18-21-27-35-43-51-68(73)81-56-65(86-69(74)52-44-36-28-15-13-11-10-12-14-22-30-38-46-60(2)3)58-84-88(76,77)82-54-64(71)55-83-89(78,79)85-59-66(87-70(75)53-45-37-29-20-17-24-32-40-48-62(6)7)57-80-67(72)50-42-34-26-19-16-23-31-39-47-61(4)5/h60-66,71H,9-59H2,1-8H3,(H,76,77)(H,78,79)/t63?,64?,65-,66-/m1/s1. The van der Waals surface area contributed by atoms with Crippen molar-refractivity contribution in [3.63, 3.8) is 0 Å². The van der Waals surface area contributed by atoms with Crippen LogP contribution in [0.2, 0.25) is 0 Å². The molecule has 6 atom stereocenters. The van der Waals surface area contributed by atoms with E-state index < -0.39 is 97.5 Å². The lowest BCUT2D eigenvalue weighted by Gasteiger charge is -2.21. The minimum Gasteiger partial charge on any atom is -0.462 e. The molecule has 0 radical (unpaired) electrons. The van der Waals surface area contributed by atoms with Gasteiger partial charge in [-0.05, 0) is 49.4 Å². The zero-order valence-corrected chi connectivity index (χ0v) is 59.8. The molecular formula is C70H136O17P2. The highest BCUT2D eigenvalue weighted by Gasteiger charge is 2.30. The van der Waals surface area contributed by atoms with Crippen LogP contribution in [-0.4, -0.2) is 96.7 Å². The number of aliphatic hydroxyl groups is 1. The fourth-order valence-electron chi connectivity index (χ4n) is 10.5. The molecule has 17 nitrogen and oxygen atoms in total. The first kappa shape index (κ1) is 87.1. The maximum Gasteiger partial charge on any atom is 0.472 e. The van der Waals surface area contributed by atoms with Crippen molar-refractivity contribution in [3.05, 3.63) is 0 Å². The number of aliphatic hydroxyl groups excluding tert-OH is 1. The summed E-state index contributed by atoms with van der Waals surface area (Å²) in [5.41, 5.74) is 0. The van der Waals surface area contributed by atoms with Crippen molar-refractivity contribution in [1.82, 2.24) is 0 Å². The van der Waals surface area contributed by atoms with E-state index in [0.717, 1.165) is 114 Å². The third kappa shape index (κ3) is 63.2. The van der Waals surface area contributed by atoms with Gasteiger partial charge in [0.25, 0.3) is 0 Å². The number of ether oxygens (including phenoxy) is 4. The van der Waals surface area contributed by atoms with Gasteiger partial charge in [0.2, 0.25) is 0 Å². The Labute approximate surface area is 543 Å². The highest BCUT2D eigenvalue weighted by molar-refractivity contribution is 7.47. The van der Waals surface area contributed by atoms with Crippen LogP contribution in [0.4, 0.5) is 0 Å². The maximum atomic E-state index is 13.0. The zero-order chi connectivity index (χ0) is 66.1. The molecule has 0 saturated carbocycles. The van der Waals surface area contributed by atoms with Gasteiger partial charge in [-0.2, -0.15) is 0 Å². The summed E-state index contributed by atoms with van der Waals surface area (Å²) in [5.74, 6) is 0.868. The van der Waals surface area contributed by atoms with E-state index in [4.69, 9.17) is 37.0 Å². The summed E-state index contributed by atoms with van der Waals surface area (Å²) < 4.78 is 68.3. The second kappa shape index (κ2) is 59.8. The van der Waals surface area contributed by atoms with E-state index >= 15 is 0 Å². The number of phosphoric acid groups is 2. The number of hydrogen-bond acceptors (Lipinski definition) is 15. The largest absolute Gasteiger partial charge is 0.472 e. The van der Waals surface area contributed by atoms with Crippen molar-refractivity contribution in [2.45, 2.75) is 363 Å². The zero-order valence-electron chi connectivity index (χ0n) is 58.1. The summed E-state index contributed by atoms with van der Waals surface area (Å²) in [5, 5.41) is 10.6. The van der Waals surface area contributed by atoms with Crippen LogP contribution in [-0.2, 0) is 65.4 Å². The van der Waals surface area contributed by atoms with E-state index in [1.54, 1.807) is 0 Å². The molecule has 0 rings (SSSR count). The Balaban J connectivity index is 5.27. The van der Waals surface area contributed by atoms with E-state index in [1.807, 2.05) is 0 Å². The average Bonchev–Trinajstić information content (AvgIpc) is 3.63. The minimum absolute atomic E-state index is 0.103. The molecule has 0 aromatic heterocycles. The predicted octanol–water partition coefficient (Wildman–Crippen LogP) is 19.7. The Bertz CT molecular complexity index is 1770. The molecule has 0 amide bonds. The number of carbonyl (C=O) groups excluding carboxylic acids is 4. The average molecular weight is 1310 g/mol. The van der Waals surface area contributed by atoms with E-state index in [2.05, 4.69) is 55.4 Å². The molecule has 19 heteroatoms. The molecule has 0 aliphatic carbocycles. The summed E-state index contributed by atoms with van der Waals surface area (Å²) in [6.07, 6.45) is 41.7. The van der Waals surface area contributed by atoms with Crippen LogP contribution in [0.15, 0.2) is 0 Å². The Morgan fingerprint density at radius 2 is 0.539 bits per heavy atom.